The summed E-state index contributed by atoms with van der Waals surface area (Å²) >= 11 is 0. The lowest BCUT2D eigenvalue weighted by molar-refractivity contribution is 0.530. The molecule has 20 heavy (non-hydrogen) atoms. The van der Waals surface area contributed by atoms with Crippen LogP contribution in [-0.2, 0) is 10.0 Å². The van der Waals surface area contributed by atoms with Crippen molar-refractivity contribution in [3.8, 4) is 6.07 Å². The lowest BCUT2D eigenvalue weighted by atomic mass is 10.1. The highest BCUT2D eigenvalue weighted by Gasteiger charge is 2.15. The van der Waals surface area contributed by atoms with Crippen molar-refractivity contribution in [3.63, 3.8) is 0 Å². The zero-order valence-corrected chi connectivity index (χ0v) is 12.5. The van der Waals surface area contributed by atoms with Gasteiger partial charge >= 0.3 is 0 Å². The van der Waals surface area contributed by atoms with Crippen molar-refractivity contribution in [2.75, 3.05) is 6.54 Å². The number of hydrogen-bond acceptors (Lipinski definition) is 3. The Morgan fingerprint density at radius 2 is 2.05 bits per heavy atom. The van der Waals surface area contributed by atoms with Gasteiger partial charge in [0.2, 0.25) is 10.0 Å². The van der Waals surface area contributed by atoms with Crippen LogP contribution in [0.1, 0.15) is 38.7 Å². The van der Waals surface area contributed by atoms with Gasteiger partial charge in [-0.05, 0) is 30.5 Å². The van der Waals surface area contributed by atoms with E-state index in [2.05, 4.69) is 18.6 Å². The molecule has 1 N–H and O–H groups in total. The van der Waals surface area contributed by atoms with E-state index in [0.717, 1.165) is 37.5 Å². The number of nitrogens with one attached hydrogen (secondary N) is 1. The first-order chi connectivity index (χ1) is 9.36. The van der Waals surface area contributed by atoms with E-state index >= 15 is 0 Å². The van der Waals surface area contributed by atoms with E-state index < -0.39 is 15.8 Å². The molecule has 0 aromatic heterocycles. The van der Waals surface area contributed by atoms with Gasteiger partial charge in [-0.3, -0.25) is 0 Å². The zero-order valence-electron chi connectivity index (χ0n) is 11.7. The van der Waals surface area contributed by atoms with Crippen molar-refractivity contribution in [1.82, 2.24) is 4.72 Å². The number of hydrogen-bond donors (Lipinski definition) is 1. The van der Waals surface area contributed by atoms with E-state index in [4.69, 9.17) is 5.26 Å². The molecule has 110 valence electrons. The first-order valence-corrected chi connectivity index (χ1v) is 8.04. The average molecular weight is 298 g/mol. The van der Waals surface area contributed by atoms with Crippen molar-refractivity contribution >= 4 is 10.0 Å². The van der Waals surface area contributed by atoms with Crippen LogP contribution in [0.15, 0.2) is 23.1 Å². The summed E-state index contributed by atoms with van der Waals surface area (Å²) < 4.78 is 39.5. The Labute approximate surface area is 119 Å². The minimum Gasteiger partial charge on any atom is -0.211 e. The SMILES string of the molecule is CC(C)CCCCNS(=O)(=O)c1ccc(F)c(C#N)c1. The molecule has 0 atom stereocenters. The molecule has 0 saturated heterocycles. The highest BCUT2D eigenvalue weighted by Crippen LogP contribution is 2.14. The van der Waals surface area contributed by atoms with Gasteiger partial charge < -0.3 is 0 Å². The van der Waals surface area contributed by atoms with Crippen LogP contribution in [0.4, 0.5) is 4.39 Å². The molecule has 1 aromatic rings. The number of benzene rings is 1. The van der Waals surface area contributed by atoms with Gasteiger partial charge in [0, 0.05) is 6.54 Å². The quantitative estimate of drug-likeness (QED) is 0.787. The van der Waals surface area contributed by atoms with Gasteiger partial charge in [0.25, 0.3) is 0 Å². The summed E-state index contributed by atoms with van der Waals surface area (Å²) in [7, 11) is -3.68. The summed E-state index contributed by atoms with van der Waals surface area (Å²) in [4.78, 5) is -0.0840. The largest absolute Gasteiger partial charge is 0.240 e. The third kappa shape index (κ3) is 4.91. The first kappa shape index (κ1) is 16.6. The van der Waals surface area contributed by atoms with Gasteiger partial charge in [0.05, 0.1) is 10.5 Å². The summed E-state index contributed by atoms with van der Waals surface area (Å²) in [6.07, 6.45) is 2.76. The molecule has 0 aliphatic rings. The molecular weight excluding hydrogens is 279 g/mol. The maximum atomic E-state index is 13.1. The maximum absolute atomic E-state index is 13.1. The maximum Gasteiger partial charge on any atom is 0.240 e. The van der Waals surface area contributed by atoms with E-state index in [9.17, 15) is 12.8 Å². The molecule has 0 saturated carbocycles. The third-order valence-electron chi connectivity index (χ3n) is 2.87. The Morgan fingerprint density at radius 3 is 2.65 bits per heavy atom. The monoisotopic (exact) mass is 298 g/mol. The number of unbranched alkanes of at least 4 members (excludes halogenated alkanes) is 1. The van der Waals surface area contributed by atoms with E-state index in [1.165, 1.54) is 0 Å². The molecule has 0 bridgehead atoms. The predicted molar refractivity (Wildman–Crippen MR) is 75.0 cm³/mol. The van der Waals surface area contributed by atoms with Crippen LogP contribution < -0.4 is 4.72 Å². The van der Waals surface area contributed by atoms with E-state index in [1.807, 2.05) is 0 Å². The van der Waals surface area contributed by atoms with Crippen LogP contribution in [0.2, 0.25) is 0 Å². The molecule has 0 amide bonds. The molecule has 0 aliphatic carbocycles. The molecule has 1 aromatic carbocycles. The molecule has 4 nitrogen and oxygen atoms in total. The normalized spacial score (nSPS) is 11.6. The van der Waals surface area contributed by atoms with Crippen molar-refractivity contribution < 1.29 is 12.8 Å². The van der Waals surface area contributed by atoms with E-state index in [-0.39, 0.29) is 10.5 Å². The minimum atomic E-state index is -3.68. The van der Waals surface area contributed by atoms with E-state index in [0.29, 0.717) is 12.5 Å². The smallest absolute Gasteiger partial charge is 0.211 e. The van der Waals surface area contributed by atoms with Gasteiger partial charge in [0.1, 0.15) is 11.9 Å². The molecule has 6 heteroatoms. The van der Waals surface area contributed by atoms with Crippen molar-refractivity contribution in [3.05, 3.63) is 29.6 Å². The zero-order chi connectivity index (χ0) is 15.2. The lowest BCUT2D eigenvalue weighted by Gasteiger charge is -2.08. The number of nitrogens with zero attached hydrogens (tertiary/aromatic N) is 1. The molecular formula is C14H19FN2O2S. The molecule has 0 unspecified atom stereocenters. The number of rotatable bonds is 7. The summed E-state index contributed by atoms with van der Waals surface area (Å²) in [5, 5.41) is 8.70. The fourth-order valence-corrected chi connectivity index (χ4v) is 2.82. The van der Waals surface area contributed by atoms with Crippen LogP contribution in [0.3, 0.4) is 0 Å². The van der Waals surface area contributed by atoms with Gasteiger partial charge in [-0.2, -0.15) is 5.26 Å². The molecule has 0 aliphatic heterocycles. The minimum absolute atomic E-state index is 0.0840. The lowest BCUT2D eigenvalue weighted by Crippen LogP contribution is -2.25. The molecule has 0 heterocycles. The van der Waals surface area contributed by atoms with Gasteiger partial charge in [0.15, 0.2) is 0 Å². The van der Waals surface area contributed by atoms with Crippen molar-refractivity contribution in [2.24, 2.45) is 5.92 Å². The van der Waals surface area contributed by atoms with Gasteiger partial charge in [-0.25, -0.2) is 17.5 Å². The second-order valence-corrected chi connectivity index (χ2v) is 6.81. The van der Waals surface area contributed by atoms with Crippen LogP contribution >= 0.6 is 0 Å². The Kier molecular flexibility index (Phi) is 6.11. The fourth-order valence-electron chi connectivity index (χ4n) is 1.72. The van der Waals surface area contributed by atoms with Crippen LogP contribution in [-0.4, -0.2) is 15.0 Å². The Balaban J connectivity index is 2.63. The highest BCUT2D eigenvalue weighted by molar-refractivity contribution is 7.89. The van der Waals surface area contributed by atoms with Crippen LogP contribution in [0, 0.1) is 23.1 Å². The molecule has 0 spiro atoms. The summed E-state index contributed by atoms with van der Waals surface area (Å²) in [6.45, 7) is 4.58. The summed E-state index contributed by atoms with van der Waals surface area (Å²) in [5.74, 6) is -0.120. The van der Waals surface area contributed by atoms with Crippen LogP contribution in [0.5, 0.6) is 0 Å². The topological polar surface area (TPSA) is 70.0 Å². The van der Waals surface area contributed by atoms with Crippen molar-refractivity contribution in [2.45, 2.75) is 38.0 Å². The number of nitriles is 1. The Morgan fingerprint density at radius 1 is 1.35 bits per heavy atom. The molecule has 0 fully saturated rings. The third-order valence-corrected chi connectivity index (χ3v) is 4.33. The molecule has 1 rings (SSSR count). The predicted octanol–water partition coefficient (Wildman–Crippen LogP) is 2.80. The average Bonchev–Trinajstić information content (AvgIpc) is 2.38. The number of halogens is 1. The summed E-state index contributed by atoms with van der Waals surface area (Å²) in [5.41, 5.74) is -0.271. The second kappa shape index (κ2) is 7.36. The fraction of sp³-hybridized carbons (Fsp3) is 0.500. The summed E-state index contributed by atoms with van der Waals surface area (Å²) in [6, 6.07) is 4.83. The number of sulfonamides is 1. The Hall–Kier alpha value is -1.45. The van der Waals surface area contributed by atoms with E-state index in [1.54, 1.807) is 6.07 Å². The highest BCUT2D eigenvalue weighted by atomic mass is 32.2. The van der Waals surface area contributed by atoms with Gasteiger partial charge in [-0.15, -0.1) is 0 Å². The first-order valence-electron chi connectivity index (χ1n) is 6.56. The standard InChI is InChI=1S/C14H19FN2O2S/c1-11(2)5-3-4-8-17-20(18,19)13-6-7-14(15)12(9-13)10-16/h6-7,9,11,17H,3-5,8H2,1-2H3. The second-order valence-electron chi connectivity index (χ2n) is 5.04. The molecule has 0 radical (unpaired) electrons. The Bertz CT molecular complexity index is 592. The van der Waals surface area contributed by atoms with Gasteiger partial charge in [-0.1, -0.05) is 26.7 Å². The van der Waals surface area contributed by atoms with Crippen LogP contribution in [0.25, 0.3) is 0 Å². The van der Waals surface area contributed by atoms with Crippen molar-refractivity contribution in [1.29, 1.82) is 5.26 Å².